The fourth-order valence-electron chi connectivity index (χ4n) is 1.46. The summed E-state index contributed by atoms with van der Waals surface area (Å²) in [6.45, 7) is 5.97. The van der Waals surface area contributed by atoms with Crippen LogP contribution in [0.1, 0.15) is 25.8 Å². The van der Waals surface area contributed by atoms with Crippen LogP contribution >= 0.6 is 15.9 Å². The molecule has 1 amide bonds. The van der Waals surface area contributed by atoms with Crippen molar-refractivity contribution in [1.29, 1.82) is 0 Å². The van der Waals surface area contributed by atoms with Gasteiger partial charge in [-0.25, -0.2) is 0 Å². The van der Waals surface area contributed by atoms with Gasteiger partial charge in [0.15, 0.2) is 0 Å². The maximum absolute atomic E-state index is 11.9. The molecule has 0 saturated carbocycles. The molecular formula is C13H19BrN2O. The van der Waals surface area contributed by atoms with E-state index in [2.05, 4.69) is 21.2 Å². The van der Waals surface area contributed by atoms with Gasteiger partial charge in [-0.05, 0) is 30.5 Å². The molecule has 3 N–H and O–H groups in total. The largest absolute Gasteiger partial charge is 0.324 e. The van der Waals surface area contributed by atoms with Crippen molar-refractivity contribution in [2.75, 3.05) is 5.32 Å². The quantitative estimate of drug-likeness (QED) is 0.897. The number of carbonyl (C=O) groups is 1. The lowest BCUT2D eigenvalue weighted by atomic mass is 9.99. The van der Waals surface area contributed by atoms with Crippen molar-refractivity contribution in [2.45, 2.75) is 33.2 Å². The van der Waals surface area contributed by atoms with Crippen LogP contribution in [-0.4, -0.2) is 11.9 Å². The van der Waals surface area contributed by atoms with Gasteiger partial charge in [0.25, 0.3) is 0 Å². The summed E-state index contributed by atoms with van der Waals surface area (Å²) in [5.74, 6) is 0.0583. The van der Waals surface area contributed by atoms with Crippen molar-refractivity contribution in [3.05, 3.63) is 28.2 Å². The fraction of sp³-hybridized carbons (Fsp3) is 0.462. The molecule has 0 spiro atoms. The Morgan fingerprint density at radius 3 is 2.76 bits per heavy atom. The van der Waals surface area contributed by atoms with Crippen LogP contribution in [0.25, 0.3) is 0 Å². The SMILES string of the molecule is CCC(C)C(N)C(=O)Nc1cc(Br)ccc1C. The summed E-state index contributed by atoms with van der Waals surface area (Å²) >= 11 is 3.38. The molecule has 0 saturated heterocycles. The van der Waals surface area contributed by atoms with E-state index in [9.17, 15) is 4.79 Å². The molecule has 0 aliphatic carbocycles. The van der Waals surface area contributed by atoms with E-state index < -0.39 is 6.04 Å². The van der Waals surface area contributed by atoms with Crippen LogP contribution in [0.4, 0.5) is 5.69 Å². The third kappa shape index (κ3) is 3.82. The van der Waals surface area contributed by atoms with E-state index in [-0.39, 0.29) is 11.8 Å². The van der Waals surface area contributed by atoms with Crippen LogP contribution in [-0.2, 0) is 4.79 Å². The lowest BCUT2D eigenvalue weighted by molar-refractivity contribution is -0.118. The number of hydrogen-bond donors (Lipinski definition) is 2. The predicted molar refractivity (Wildman–Crippen MR) is 74.9 cm³/mol. The van der Waals surface area contributed by atoms with Gasteiger partial charge in [0, 0.05) is 10.2 Å². The van der Waals surface area contributed by atoms with Gasteiger partial charge in [-0.2, -0.15) is 0 Å². The number of benzene rings is 1. The van der Waals surface area contributed by atoms with Gasteiger partial charge in [-0.1, -0.05) is 42.3 Å². The Morgan fingerprint density at radius 2 is 2.18 bits per heavy atom. The first-order chi connectivity index (χ1) is 7.95. The third-order valence-corrected chi connectivity index (χ3v) is 3.51. The molecule has 0 aliphatic rings. The van der Waals surface area contributed by atoms with E-state index in [0.29, 0.717) is 0 Å². The molecule has 0 bridgehead atoms. The van der Waals surface area contributed by atoms with E-state index in [4.69, 9.17) is 5.73 Å². The number of nitrogens with one attached hydrogen (secondary N) is 1. The summed E-state index contributed by atoms with van der Waals surface area (Å²) in [5, 5.41) is 2.87. The molecule has 4 heteroatoms. The van der Waals surface area contributed by atoms with Crippen LogP contribution in [0.15, 0.2) is 22.7 Å². The number of carbonyl (C=O) groups excluding carboxylic acids is 1. The highest BCUT2D eigenvalue weighted by Crippen LogP contribution is 2.21. The monoisotopic (exact) mass is 298 g/mol. The first-order valence-electron chi connectivity index (χ1n) is 5.78. The van der Waals surface area contributed by atoms with Gasteiger partial charge in [0.1, 0.15) is 0 Å². The Balaban J connectivity index is 2.77. The highest BCUT2D eigenvalue weighted by molar-refractivity contribution is 9.10. The van der Waals surface area contributed by atoms with E-state index in [0.717, 1.165) is 22.1 Å². The summed E-state index contributed by atoms with van der Waals surface area (Å²) in [6, 6.07) is 5.32. The number of nitrogens with two attached hydrogens (primary N) is 1. The second kappa shape index (κ2) is 6.17. The summed E-state index contributed by atoms with van der Waals surface area (Å²) in [5.41, 5.74) is 7.72. The van der Waals surface area contributed by atoms with Gasteiger partial charge >= 0.3 is 0 Å². The normalized spacial score (nSPS) is 14.2. The lowest BCUT2D eigenvalue weighted by Crippen LogP contribution is -2.40. The average molecular weight is 299 g/mol. The second-order valence-electron chi connectivity index (χ2n) is 4.36. The van der Waals surface area contributed by atoms with Gasteiger partial charge in [0.2, 0.25) is 5.91 Å². The zero-order chi connectivity index (χ0) is 13.0. The second-order valence-corrected chi connectivity index (χ2v) is 5.28. The van der Waals surface area contributed by atoms with Gasteiger partial charge in [-0.3, -0.25) is 4.79 Å². The predicted octanol–water partition coefficient (Wildman–Crippen LogP) is 3.07. The van der Waals surface area contributed by atoms with Gasteiger partial charge < -0.3 is 11.1 Å². The Morgan fingerprint density at radius 1 is 1.53 bits per heavy atom. The fourth-order valence-corrected chi connectivity index (χ4v) is 1.82. The number of anilines is 1. The van der Waals surface area contributed by atoms with Crippen molar-refractivity contribution >= 4 is 27.5 Å². The van der Waals surface area contributed by atoms with Crippen LogP contribution < -0.4 is 11.1 Å². The number of halogens is 1. The van der Waals surface area contributed by atoms with Crippen molar-refractivity contribution in [3.63, 3.8) is 0 Å². The summed E-state index contributed by atoms with van der Waals surface area (Å²) in [6.07, 6.45) is 0.895. The Hall–Kier alpha value is -0.870. The molecule has 0 fully saturated rings. The maximum Gasteiger partial charge on any atom is 0.241 e. The number of aryl methyl sites for hydroxylation is 1. The third-order valence-electron chi connectivity index (χ3n) is 3.02. The molecule has 2 unspecified atom stereocenters. The Labute approximate surface area is 111 Å². The molecular weight excluding hydrogens is 280 g/mol. The molecule has 3 nitrogen and oxygen atoms in total. The average Bonchev–Trinajstić information content (AvgIpc) is 2.31. The van der Waals surface area contributed by atoms with Crippen LogP contribution in [0, 0.1) is 12.8 Å². The van der Waals surface area contributed by atoms with Crippen molar-refractivity contribution < 1.29 is 4.79 Å². The molecule has 17 heavy (non-hydrogen) atoms. The van der Waals surface area contributed by atoms with Crippen LogP contribution in [0.2, 0.25) is 0 Å². The van der Waals surface area contributed by atoms with E-state index in [1.54, 1.807) is 0 Å². The zero-order valence-electron chi connectivity index (χ0n) is 10.5. The van der Waals surface area contributed by atoms with Crippen LogP contribution in [0.3, 0.4) is 0 Å². The number of amides is 1. The molecule has 1 aromatic rings. The summed E-state index contributed by atoms with van der Waals surface area (Å²) < 4.78 is 0.940. The minimum Gasteiger partial charge on any atom is -0.324 e. The molecule has 94 valence electrons. The van der Waals surface area contributed by atoms with Crippen molar-refractivity contribution in [3.8, 4) is 0 Å². The minimum atomic E-state index is -0.460. The smallest absolute Gasteiger partial charge is 0.241 e. The maximum atomic E-state index is 11.9. The highest BCUT2D eigenvalue weighted by atomic mass is 79.9. The number of hydrogen-bond acceptors (Lipinski definition) is 2. The first kappa shape index (κ1) is 14.2. The Kier molecular flexibility index (Phi) is 5.15. The molecule has 0 heterocycles. The minimum absolute atomic E-state index is 0.124. The van der Waals surface area contributed by atoms with Crippen molar-refractivity contribution in [2.24, 2.45) is 11.7 Å². The molecule has 0 radical (unpaired) electrons. The molecule has 2 atom stereocenters. The van der Waals surface area contributed by atoms with E-state index >= 15 is 0 Å². The lowest BCUT2D eigenvalue weighted by Gasteiger charge is -2.18. The zero-order valence-corrected chi connectivity index (χ0v) is 12.0. The standard InChI is InChI=1S/C13H19BrN2O/c1-4-8(2)12(15)13(17)16-11-7-10(14)6-5-9(11)3/h5-8,12H,4,15H2,1-3H3,(H,16,17). The molecule has 1 rings (SSSR count). The summed E-state index contributed by atoms with van der Waals surface area (Å²) in [7, 11) is 0. The topological polar surface area (TPSA) is 55.1 Å². The van der Waals surface area contributed by atoms with E-state index in [1.165, 1.54) is 0 Å². The van der Waals surface area contributed by atoms with Crippen molar-refractivity contribution in [1.82, 2.24) is 0 Å². The Bertz CT molecular complexity index is 406. The van der Waals surface area contributed by atoms with E-state index in [1.807, 2.05) is 39.0 Å². The molecule has 0 aromatic heterocycles. The number of rotatable bonds is 4. The molecule has 1 aromatic carbocycles. The van der Waals surface area contributed by atoms with Gasteiger partial charge in [-0.15, -0.1) is 0 Å². The molecule has 0 aliphatic heterocycles. The first-order valence-corrected chi connectivity index (χ1v) is 6.57. The summed E-state index contributed by atoms with van der Waals surface area (Å²) in [4.78, 5) is 11.9. The van der Waals surface area contributed by atoms with Gasteiger partial charge in [0.05, 0.1) is 6.04 Å². The van der Waals surface area contributed by atoms with Crippen LogP contribution in [0.5, 0.6) is 0 Å². The highest BCUT2D eigenvalue weighted by Gasteiger charge is 2.19.